The Balaban J connectivity index is 3.05. The molecule has 1 N–H and O–H groups in total. The van der Waals surface area contributed by atoms with Crippen molar-refractivity contribution >= 4 is 47.6 Å². The summed E-state index contributed by atoms with van der Waals surface area (Å²) in [6.07, 6.45) is 0. The Labute approximate surface area is 100 Å². The molecule has 0 saturated carbocycles. The van der Waals surface area contributed by atoms with Crippen molar-refractivity contribution in [2.45, 2.75) is 6.92 Å². The molecule has 1 aromatic rings. The van der Waals surface area contributed by atoms with Crippen LogP contribution < -0.4 is 4.72 Å². The summed E-state index contributed by atoms with van der Waals surface area (Å²) in [4.78, 5) is 0. The fraction of sp³-hybridized carbons (Fsp3) is 0.250. The highest BCUT2D eigenvalue weighted by molar-refractivity contribution is 9.11. The van der Waals surface area contributed by atoms with Crippen molar-refractivity contribution in [3.05, 3.63) is 28.2 Å². The Morgan fingerprint density at radius 3 is 2.64 bits per heavy atom. The number of benzene rings is 1. The van der Waals surface area contributed by atoms with Crippen LogP contribution in [0.15, 0.2) is 22.7 Å². The summed E-state index contributed by atoms with van der Waals surface area (Å²) in [5, 5.41) is 0. The van der Waals surface area contributed by atoms with Gasteiger partial charge in [0, 0.05) is 4.47 Å². The number of rotatable bonds is 3. The predicted molar refractivity (Wildman–Crippen MR) is 65.2 cm³/mol. The zero-order valence-electron chi connectivity index (χ0n) is 7.42. The van der Waals surface area contributed by atoms with E-state index >= 15 is 0 Å². The standard InChI is InChI=1S/C8H9Br2NO2S/c1-6-7(10)3-2-4-8(6)11-14(12,13)5-9/h2-4,11H,5H2,1H3. The molecule has 78 valence electrons. The molecule has 0 bridgehead atoms. The van der Waals surface area contributed by atoms with Crippen molar-refractivity contribution in [3.8, 4) is 0 Å². The highest BCUT2D eigenvalue weighted by Gasteiger charge is 2.10. The number of halogens is 2. The Kier molecular flexibility index (Phi) is 3.97. The maximum absolute atomic E-state index is 11.3. The van der Waals surface area contributed by atoms with Gasteiger partial charge in [0.15, 0.2) is 0 Å². The van der Waals surface area contributed by atoms with Gasteiger partial charge in [0.05, 0.1) is 5.69 Å². The van der Waals surface area contributed by atoms with Crippen LogP contribution in [0.1, 0.15) is 5.56 Å². The van der Waals surface area contributed by atoms with E-state index in [1.807, 2.05) is 13.0 Å². The van der Waals surface area contributed by atoms with Gasteiger partial charge in [0.2, 0.25) is 10.0 Å². The van der Waals surface area contributed by atoms with Crippen LogP contribution >= 0.6 is 31.9 Å². The van der Waals surface area contributed by atoms with E-state index in [2.05, 4.69) is 36.6 Å². The lowest BCUT2D eigenvalue weighted by Gasteiger charge is -2.09. The molecule has 14 heavy (non-hydrogen) atoms. The van der Waals surface area contributed by atoms with Gasteiger partial charge in [0.1, 0.15) is 4.66 Å². The van der Waals surface area contributed by atoms with E-state index in [-0.39, 0.29) is 4.66 Å². The summed E-state index contributed by atoms with van der Waals surface area (Å²) in [6, 6.07) is 5.37. The first-order chi connectivity index (χ1) is 6.46. The van der Waals surface area contributed by atoms with Gasteiger partial charge in [-0.05, 0) is 24.6 Å². The first-order valence-electron chi connectivity index (χ1n) is 3.78. The highest BCUT2D eigenvalue weighted by Crippen LogP contribution is 2.24. The van der Waals surface area contributed by atoms with Gasteiger partial charge in [-0.15, -0.1) is 0 Å². The summed E-state index contributed by atoms with van der Waals surface area (Å²) in [6.45, 7) is 1.84. The minimum Gasteiger partial charge on any atom is -0.283 e. The van der Waals surface area contributed by atoms with Crippen molar-refractivity contribution in [3.63, 3.8) is 0 Å². The Hall–Kier alpha value is -0.0700. The van der Waals surface area contributed by atoms with Crippen LogP contribution in [0.5, 0.6) is 0 Å². The quantitative estimate of drug-likeness (QED) is 0.858. The molecule has 6 heteroatoms. The number of hydrogen-bond acceptors (Lipinski definition) is 2. The number of alkyl halides is 1. The van der Waals surface area contributed by atoms with E-state index in [4.69, 9.17) is 0 Å². The lowest BCUT2D eigenvalue weighted by Crippen LogP contribution is -2.13. The van der Waals surface area contributed by atoms with Crippen LogP contribution in [0.3, 0.4) is 0 Å². The molecule has 0 amide bonds. The summed E-state index contributed by atoms with van der Waals surface area (Å²) in [7, 11) is -3.27. The smallest absolute Gasteiger partial charge is 0.242 e. The van der Waals surface area contributed by atoms with E-state index in [1.165, 1.54) is 0 Å². The highest BCUT2D eigenvalue weighted by atomic mass is 79.9. The Morgan fingerprint density at radius 1 is 1.43 bits per heavy atom. The number of nitrogens with one attached hydrogen (secondary N) is 1. The molecule has 0 unspecified atom stereocenters. The molecular weight excluding hydrogens is 334 g/mol. The van der Waals surface area contributed by atoms with Gasteiger partial charge in [-0.25, -0.2) is 8.42 Å². The molecule has 0 aliphatic rings. The SMILES string of the molecule is Cc1c(Br)cccc1NS(=O)(=O)CBr. The van der Waals surface area contributed by atoms with E-state index in [9.17, 15) is 8.42 Å². The van der Waals surface area contributed by atoms with Gasteiger partial charge >= 0.3 is 0 Å². The molecule has 0 heterocycles. The third kappa shape index (κ3) is 2.96. The minimum absolute atomic E-state index is 0.105. The fourth-order valence-electron chi connectivity index (χ4n) is 0.913. The van der Waals surface area contributed by atoms with Gasteiger partial charge in [-0.2, -0.15) is 0 Å². The third-order valence-corrected chi connectivity index (χ3v) is 5.16. The predicted octanol–water partition coefficient (Wildman–Crippen LogP) is 2.85. The molecule has 0 aliphatic carbocycles. The fourth-order valence-corrected chi connectivity index (χ4v) is 2.23. The van der Waals surface area contributed by atoms with Crippen molar-refractivity contribution in [2.24, 2.45) is 0 Å². The molecule has 0 fully saturated rings. The minimum atomic E-state index is -3.27. The molecule has 0 atom stereocenters. The van der Waals surface area contributed by atoms with Gasteiger partial charge in [-0.1, -0.05) is 37.9 Å². The number of hydrogen-bond donors (Lipinski definition) is 1. The molecule has 1 aromatic carbocycles. The second kappa shape index (κ2) is 4.63. The topological polar surface area (TPSA) is 46.2 Å². The van der Waals surface area contributed by atoms with Crippen molar-refractivity contribution in [1.29, 1.82) is 0 Å². The monoisotopic (exact) mass is 341 g/mol. The van der Waals surface area contributed by atoms with Gasteiger partial charge < -0.3 is 0 Å². The summed E-state index contributed by atoms with van der Waals surface area (Å²) < 4.78 is 25.8. The summed E-state index contributed by atoms with van der Waals surface area (Å²) >= 11 is 6.24. The Morgan fingerprint density at radius 2 is 2.07 bits per heavy atom. The van der Waals surface area contributed by atoms with Crippen molar-refractivity contribution in [2.75, 3.05) is 9.38 Å². The van der Waals surface area contributed by atoms with Crippen LogP contribution in [0, 0.1) is 6.92 Å². The zero-order valence-corrected chi connectivity index (χ0v) is 11.4. The molecule has 0 saturated heterocycles. The van der Waals surface area contributed by atoms with Crippen LogP contribution in [0.2, 0.25) is 0 Å². The maximum atomic E-state index is 11.3. The first kappa shape index (κ1) is 12.0. The van der Waals surface area contributed by atoms with Crippen LogP contribution in [0.25, 0.3) is 0 Å². The van der Waals surface area contributed by atoms with Crippen LogP contribution in [-0.2, 0) is 10.0 Å². The second-order valence-corrected chi connectivity index (χ2v) is 6.62. The first-order valence-corrected chi connectivity index (χ1v) is 7.34. The van der Waals surface area contributed by atoms with E-state index in [0.717, 1.165) is 10.0 Å². The van der Waals surface area contributed by atoms with E-state index < -0.39 is 10.0 Å². The average molecular weight is 343 g/mol. The molecule has 0 spiro atoms. The van der Waals surface area contributed by atoms with Crippen LogP contribution in [-0.4, -0.2) is 13.1 Å². The summed E-state index contributed by atoms with van der Waals surface area (Å²) in [5.74, 6) is 0. The van der Waals surface area contributed by atoms with E-state index in [1.54, 1.807) is 12.1 Å². The normalized spacial score (nSPS) is 11.4. The maximum Gasteiger partial charge on any atom is 0.242 e. The van der Waals surface area contributed by atoms with E-state index in [0.29, 0.717) is 5.69 Å². The Bertz CT molecular complexity index is 431. The largest absolute Gasteiger partial charge is 0.283 e. The number of sulfonamides is 1. The zero-order chi connectivity index (χ0) is 10.8. The number of anilines is 1. The second-order valence-electron chi connectivity index (χ2n) is 2.74. The molecule has 1 rings (SSSR count). The average Bonchev–Trinajstić information content (AvgIpc) is 2.13. The lowest BCUT2D eigenvalue weighted by molar-refractivity contribution is 0.606. The lowest BCUT2D eigenvalue weighted by atomic mass is 10.2. The third-order valence-electron chi connectivity index (χ3n) is 1.68. The molecular formula is C8H9Br2NO2S. The molecule has 3 nitrogen and oxygen atoms in total. The molecule has 0 aromatic heterocycles. The summed E-state index contributed by atoms with van der Waals surface area (Å²) in [5.41, 5.74) is 1.47. The van der Waals surface area contributed by atoms with Gasteiger partial charge in [-0.3, -0.25) is 4.72 Å². The molecule has 0 radical (unpaired) electrons. The van der Waals surface area contributed by atoms with Gasteiger partial charge in [0.25, 0.3) is 0 Å². The molecule has 0 aliphatic heterocycles. The van der Waals surface area contributed by atoms with Crippen LogP contribution in [0.4, 0.5) is 5.69 Å². The van der Waals surface area contributed by atoms with Crippen molar-refractivity contribution in [1.82, 2.24) is 0 Å². The van der Waals surface area contributed by atoms with Crippen molar-refractivity contribution < 1.29 is 8.42 Å².